The maximum Gasteiger partial charge on any atom is 0.358 e. The average molecular weight is 414 g/mol. The lowest BCUT2D eigenvalue weighted by molar-refractivity contribution is 0.0686. The number of aromatic amines is 1. The standard InChI is InChI=1S/C19H18N4O5S/c1-2-23(10-11-6-4-3-5-7-11)19(28)20-12-8-9-29-15(12)16-21-13(18(26)27)14(24)17(25)22-16/h3-9,24H,2,10H2,1H3,(H,20,28)(H,26,27)(H,21,22,25). The Labute approximate surface area is 169 Å². The van der Waals surface area contributed by atoms with Gasteiger partial charge in [0.15, 0.2) is 11.5 Å². The number of nitrogens with zero attached hydrogens (tertiary/aromatic N) is 2. The molecule has 0 atom stereocenters. The summed E-state index contributed by atoms with van der Waals surface area (Å²) in [7, 11) is 0. The number of urea groups is 1. The Morgan fingerprint density at radius 1 is 1.24 bits per heavy atom. The van der Waals surface area contributed by atoms with Gasteiger partial charge in [0.2, 0.25) is 5.75 Å². The highest BCUT2D eigenvalue weighted by Gasteiger charge is 2.21. The van der Waals surface area contributed by atoms with Crippen LogP contribution in [0.1, 0.15) is 23.0 Å². The number of thiophene rings is 1. The van der Waals surface area contributed by atoms with Crippen LogP contribution in [0.5, 0.6) is 5.75 Å². The number of aromatic carboxylic acids is 1. The van der Waals surface area contributed by atoms with Crippen molar-refractivity contribution in [1.82, 2.24) is 14.9 Å². The number of carboxylic acids is 1. The molecule has 0 aliphatic rings. The summed E-state index contributed by atoms with van der Waals surface area (Å²) >= 11 is 1.16. The second kappa shape index (κ2) is 8.57. The lowest BCUT2D eigenvalue weighted by atomic mass is 10.2. The van der Waals surface area contributed by atoms with Crippen molar-refractivity contribution in [1.29, 1.82) is 0 Å². The molecule has 0 aliphatic carbocycles. The molecule has 150 valence electrons. The largest absolute Gasteiger partial charge is 0.501 e. The monoisotopic (exact) mass is 414 g/mol. The van der Waals surface area contributed by atoms with Crippen LogP contribution < -0.4 is 10.9 Å². The smallest absolute Gasteiger partial charge is 0.358 e. The Morgan fingerprint density at radius 3 is 2.62 bits per heavy atom. The van der Waals surface area contributed by atoms with Crippen LogP contribution in [0.25, 0.3) is 10.7 Å². The van der Waals surface area contributed by atoms with Crippen molar-refractivity contribution < 1.29 is 19.8 Å². The number of anilines is 1. The fourth-order valence-electron chi connectivity index (χ4n) is 2.64. The summed E-state index contributed by atoms with van der Waals surface area (Å²) in [6, 6.07) is 10.8. The van der Waals surface area contributed by atoms with Crippen molar-refractivity contribution in [3.63, 3.8) is 0 Å². The number of amides is 2. The number of hydrogen-bond donors (Lipinski definition) is 4. The fraction of sp³-hybridized carbons (Fsp3) is 0.158. The molecule has 0 saturated heterocycles. The molecule has 29 heavy (non-hydrogen) atoms. The molecule has 9 nitrogen and oxygen atoms in total. The van der Waals surface area contributed by atoms with Crippen molar-refractivity contribution in [2.45, 2.75) is 13.5 Å². The molecule has 0 bridgehead atoms. The van der Waals surface area contributed by atoms with Gasteiger partial charge in [-0.2, -0.15) is 0 Å². The zero-order chi connectivity index (χ0) is 21.0. The molecule has 3 rings (SSSR count). The summed E-state index contributed by atoms with van der Waals surface area (Å²) < 4.78 is 0. The molecule has 0 unspecified atom stereocenters. The quantitative estimate of drug-likeness (QED) is 0.490. The predicted molar refractivity (Wildman–Crippen MR) is 108 cm³/mol. The van der Waals surface area contributed by atoms with E-state index in [9.17, 15) is 19.5 Å². The number of aromatic hydroxyl groups is 1. The molecule has 2 heterocycles. The lowest BCUT2D eigenvalue weighted by Crippen LogP contribution is -2.34. The highest BCUT2D eigenvalue weighted by atomic mass is 32.1. The Morgan fingerprint density at radius 2 is 1.97 bits per heavy atom. The normalized spacial score (nSPS) is 10.5. The molecule has 0 fully saturated rings. The van der Waals surface area contributed by atoms with E-state index in [4.69, 9.17) is 5.11 Å². The third-order valence-corrected chi connectivity index (χ3v) is 5.03. The number of rotatable bonds is 6. The minimum absolute atomic E-state index is 0.0541. The Bertz CT molecular complexity index is 1090. The highest BCUT2D eigenvalue weighted by Crippen LogP contribution is 2.32. The predicted octanol–water partition coefficient (Wildman–Crippen LogP) is 2.96. The van der Waals surface area contributed by atoms with E-state index in [1.54, 1.807) is 16.3 Å². The molecule has 2 amide bonds. The number of benzene rings is 1. The van der Waals surface area contributed by atoms with E-state index in [1.807, 2.05) is 37.3 Å². The van der Waals surface area contributed by atoms with E-state index in [0.29, 0.717) is 23.7 Å². The molecule has 0 spiro atoms. The summed E-state index contributed by atoms with van der Waals surface area (Å²) in [6.45, 7) is 2.74. The summed E-state index contributed by atoms with van der Waals surface area (Å²) in [6.07, 6.45) is 0. The van der Waals surface area contributed by atoms with Gasteiger partial charge < -0.3 is 25.4 Å². The van der Waals surface area contributed by atoms with Gasteiger partial charge in [-0.15, -0.1) is 11.3 Å². The summed E-state index contributed by atoms with van der Waals surface area (Å²) in [5, 5.41) is 23.2. The van der Waals surface area contributed by atoms with Crippen molar-refractivity contribution in [3.05, 3.63) is 63.4 Å². The Balaban J connectivity index is 1.86. The second-order valence-electron chi connectivity index (χ2n) is 6.01. The van der Waals surface area contributed by atoms with E-state index in [-0.39, 0.29) is 11.9 Å². The van der Waals surface area contributed by atoms with Crippen LogP contribution in [-0.2, 0) is 6.54 Å². The van der Waals surface area contributed by atoms with Crippen molar-refractivity contribution in [2.24, 2.45) is 0 Å². The van der Waals surface area contributed by atoms with Gasteiger partial charge in [0, 0.05) is 13.1 Å². The van der Waals surface area contributed by atoms with Gasteiger partial charge in [-0.3, -0.25) is 4.79 Å². The lowest BCUT2D eigenvalue weighted by Gasteiger charge is -2.21. The molecule has 2 aromatic heterocycles. The van der Waals surface area contributed by atoms with Crippen LogP contribution >= 0.6 is 11.3 Å². The van der Waals surface area contributed by atoms with Gasteiger partial charge in [0.25, 0.3) is 5.56 Å². The van der Waals surface area contributed by atoms with Crippen LogP contribution in [0.2, 0.25) is 0 Å². The number of carboxylic acid groups (broad SMARTS) is 1. The number of carbonyl (C=O) groups is 2. The van der Waals surface area contributed by atoms with Gasteiger partial charge in [-0.05, 0) is 23.9 Å². The third-order valence-electron chi connectivity index (χ3n) is 4.10. The number of H-pyrrole nitrogens is 1. The number of carbonyl (C=O) groups excluding carboxylic acids is 1. The van der Waals surface area contributed by atoms with Crippen LogP contribution in [-0.4, -0.2) is 43.6 Å². The van der Waals surface area contributed by atoms with Crippen LogP contribution in [0.3, 0.4) is 0 Å². The first-order valence-corrected chi connectivity index (χ1v) is 9.53. The molecular weight excluding hydrogens is 396 g/mol. The third kappa shape index (κ3) is 4.43. The van der Waals surface area contributed by atoms with Gasteiger partial charge in [-0.1, -0.05) is 30.3 Å². The van der Waals surface area contributed by atoms with E-state index < -0.39 is 23.0 Å². The van der Waals surface area contributed by atoms with Gasteiger partial charge in [0.1, 0.15) is 0 Å². The fourth-order valence-corrected chi connectivity index (χ4v) is 3.43. The molecule has 0 saturated carbocycles. The minimum atomic E-state index is -1.53. The van der Waals surface area contributed by atoms with Gasteiger partial charge in [-0.25, -0.2) is 14.6 Å². The molecular formula is C19H18N4O5S. The molecule has 1 aromatic carbocycles. The maximum atomic E-state index is 12.7. The van der Waals surface area contributed by atoms with Crippen LogP contribution in [0, 0.1) is 0 Å². The topological polar surface area (TPSA) is 136 Å². The first-order valence-electron chi connectivity index (χ1n) is 8.65. The van der Waals surface area contributed by atoms with E-state index in [2.05, 4.69) is 15.3 Å². The average Bonchev–Trinajstić information content (AvgIpc) is 3.16. The molecule has 0 radical (unpaired) electrons. The second-order valence-corrected chi connectivity index (χ2v) is 6.93. The van der Waals surface area contributed by atoms with Crippen molar-refractivity contribution in [3.8, 4) is 16.5 Å². The van der Waals surface area contributed by atoms with Crippen molar-refractivity contribution in [2.75, 3.05) is 11.9 Å². The Kier molecular flexibility index (Phi) is 5.93. The van der Waals surface area contributed by atoms with Gasteiger partial charge >= 0.3 is 12.0 Å². The number of nitrogens with one attached hydrogen (secondary N) is 2. The number of hydrogen-bond acceptors (Lipinski definition) is 6. The van der Waals surface area contributed by atoms with Crippen LogP contribution in [0.4, 0.5) is 10.5 Å². The summed E-state index contributed by atoms with van der Waals surface area (Å²) in [5.74, 6) is -2.55. The molecule has 3 aromatic rings. The molecule has 0 aliphatic heterocycles. The maximum absolute atomic E-state index is 12.7. The SMILES string of the molecule is CCN(Cc1ccccc1)C(=O)Nc1ccsc1-c1nc(C(=O)O)c(O)c(=O)[nH]1. The summed E-state index contributed by atoms with van der Waals surface area (Å²) in [5.41, 5.74) is -0.381. The van der Waals surface area contributed by atoms with E-state index >= 15 is 0 Å². The summed E-state index contributed by atoms with van der Waals surface area (Å²) in [4.78, 5) is 43.9. The first kappa shape index (κ1) is 20.1. The first-order chi connectivity index (χ1) is 13.9. The van der Waals surface area contributed by atoms with E-state index in [0.717, 1.165) is 16.9 Å². The highest BCUT2D eigenvalue weighted by molar-refractivity contribution is 7.14. The van der Waals surface area contributed by atoms with E-state index in [1.165, 1.54) is 0 Å². The molecule has 4 N–H and O–H groups in total. The van der Waals surface area contributed by atoms with Gasteiger partial charge in [0.05, 0.1) is 10.6 Å². The zero-order valence-corrected chi connectivity index (χ0v) is 16.2. The zero-order valence-electron chi connectivity index (χ0n) is 15.4. The minimum Gasteiger partial charge on any atom is -0.501 e. The van der Waals surface area contributed by atoms with Crippen LogP contribution in [0.15, 0.2) is 46.6 Å². The number of aromatic nitrogens is 2. The molecule has 10 heteroatoms. The van der Waals surface area contributed by atoms with Crippen molar-refractivity contribution >= 4 is 29.0 Å². The Hall–Kier alpha value is -3.66.